The molecule has 2 N–H and O–H groups in total. The molecule has 0 aliphatic rings. The van der Waals surface area contributed by atoms with Gasteiger partial charge in [0.2, 0.25) is 11.6 Å². The summed E-state index contributed by atoms with van der Waals surface area (Å²) in [5.74, 6) is 0.524. The Morgan fingerprint density at radius 2 is 0.939 bits per heavy atom. The van der Waals surface area contributed by atoms with Crippen LogP contribution in [0.2, 0.25) is 0 Å². The van der Waals surface area contributed by atoms with Gasteiger partial charge in [-0.2, -0.15) is 36.3 Å². The average molecular weight is 964 g/mol. The van der Waals surface area contributed by atoms with Crippen molar-refractivity contribution in [3.8, 4) is 66.6 Å². The third kappa shape index (κ3) is 11.9. The molecule has 66 heavy (non-hydrogen) atoms. The Kier molecular flexibility index (Phi) is 14.9. The maximum Gasteiger partial charge on any atom is 0.697 e. The van der Waals surface area contributed by atoms with Gasteiger partial charge < -0.3 is 19.7 Å². The fourth-order valence-corrected chi connectivity index (χ4v) is 9.25. The van der Waals surface area contributed by atoms with E-state index in [9.17, 15) is 30.9 Å². The SMILES string of the molecule is O=[P+](OCCCNCc1ccc(-c2noc(-c3cc(-c4ccccc4)c(C(F)(F)F)s3)n2)cc1)OCCCNCc1ccc(-c2noc(-c3cc(-c4ccccc4)c(C(F)(F)F)s3)n2)cc1. The molecule has 20 heteroatoms. The second-order valence-corrected chi connectivity index (χ2v) is 17.7. The highest BCUT2D eigenvalue weighted by Crippen LogP contribution is 2.47. The molecule has 0 radical (unpaired) electrons. The van der Waals surface area contributed by atoms with Crippen LogP contribution in [0.15, 0.2) is 130 Å². The molecular formula is C46H38F6N6O5PS2+. The number of rotatable bonds is 20. The Morgan fingerprint density at radius 1 is 0.545 bits per heavy atom. The van der Waals surface area contributed by atoms with E-state index in [-0.39, 0.29) is 57.5 Å². The first-order valence-corrected chi connectivity index (χ1v) is 23.2. The molecule has 4 aromatic carbocycles. The van der Waals surface area contributed by atoms with E-state index < -0.39 is 30.4 Å². The monoisotopic (exact) mass is 963 g/mol. The fraction of sp³-hybridized carbons (Fsp3) is 0.217. The molecule has 0 saturated carbocycles. The summed E-state index contributed by atoms with van der Waals surface area (Å²) in [6.07, 6.45) is -7.88. The topological polar surface area (TPSA) is 137 Å². The van der Waals surface area contributed by atoms with Gasteiger partial charge in [-0.25, -0.2) is 0 Å². The molecule has 11 nitrogen and oxygen atoms in total. The smallest absolute Gasteiger partial charge is 0.333 e. The Bertz CT molecular complexity index is 2640. The number of aromatic nitrogens is 4. The van der Waals surface area contributed by atoms with Crippen molar-refractivity contribution in [1.82, 2.24) is 30.9 Å². The first-order chi connectivity index (χ1) is 31.9. The van der Waals surface area contributed by atoms with Gasteiger partial charge in [0, 0.05) is 39.9 Å². The molecule has 8 rings (SSSR count). The number of halogens is 6. The molecule has 4 heterocycles. The van der Waals surface area contributed by atoms with E-state index >= 15 is 0 Å². The van der Waals surface area contributed by atoms with Crippen LogP contribution in [0.4, 0.5) is 26.3 Å². The normalized spacial score (nSPS) is 12.0. The number of nitrogens with one attached hydrogen (secondary N) is 2. The predicted octanol–water partition coefficient (Wildman–Crippen LogP) is 13.0. The van der Waals surface area contributed by atoms with Gasteiger partial charge >= 0.3 is 20.6 Å². The summed E-state index contributed by atoms with van der Waals surface area (Å²) in [6.45, 7) is 2.79. The van der Waals surface area contributed by atoms with Crippen LogP contribution in [-0.4, -0.2) is 46.6 Å². The lowest BCUT2D eigenvalue weighted by Crippen LogP contribution is -2.16. The van der Waals surface area contributed by atoms with Gasteiger partial charge in [-0.1, -0.05) is 120 Å². The molecule has 340 valence electrons. The van der Waals surface area contributed by atoms with Crippen molar-refractivity contribution < 1.29 is 49.0 Å². The van der Waals surface area contributed by atoms with Gasteiger partial charge in [0.05, 0.1) is 9.75 Å². The first-order valence-electron chi connectivity index (χ1n) is 20.4. The van der Waals surface area contributed by atoms with Gasteiger partial charge in [0.25, 0.3) is 11.8 Å². The molecule has 0 aliphatic carbocycles. The van der Waals surface area contributed by atoms with Gasteiger partial charge in [-0.05, 0) is 60.3 Å². The lowest BCUT2D eigenvalue weighted by atomic mass is 10.1. The van der Waals surface area contributed by atoms with Crippen LogP contribution < -0.4 is 10.6 Å². The van der Waals surface area contributed by atoms with Crippen LogP contribution in [0.1, 0.15) is 33.7 Å². The second-order valence-electron chi connectivity index (χ2n) is 14.6. The first kappa shape index (κ1) is 46.6. The zero-order chi connectivity index (χ0) is 46.1. The van der Waals surface area contributed by atoms with E-state index in [1.165, 1.54) is 12.1 Å². The van der Waals surface area contributed by atoms with E-state index in [1.807, 2.05) is 48.5 Å². The van der Waals surface area contributed by atoms with E-state index in [0.29, 0.717) is 83.9 Å². The molecule has 0 unspecified atom stereocenters. The van der Waals surface area contributed by atoms with Crippen molar-refractivity contribution in [2.24, 2.45) is 0 Å². The van der Waals surface area contributed by atoms with E-state index in [2.05, 4.69) is 30.9 Å². The van der Waals surface area contributed by atoms with Crippen molar-refractivity contribution in [1.29, 1.82) is 0 Å². The van der Waals surface area contributed by atoms with E-state index in [1.54, 1.807) is 60.7 Å². The zero-order valence-corrected chi connectivity index (χ0v) is 37.1. The zero-order valence-electron chi connectivity index (χ0n) is 34.6. The fourth-order valence-electron chi connectivity index (χ4n) is 6.68. The van der Waals surface area contributed by atoms with Crippen molar-refractivity contribution in [2.75, 3.05) is 26.3 Å². The number of thiophene rings is 2. The number of hydrogen-bond acceptors (Lipinski definition) is 13. The van der Waals surface area contributed by atoms with Crippen LogP contribution in [0.3, 0.4) is 0 Å². The lowest BCUT2D eigenvalue weighted by molar-refractivity contribution is -0.134. The molecule has 4 aromatic heterocycles. The van der Waals surface area contributed by atoms with Crippen molar-refractivity contribution >= 4 is 30.9 Å². The minimum atomic E-state index is -4.54. The third-order valence-corrected chi connectivity index (χ3v) is 13.0. The van der Waals surface area contributed by atoms with Crippen LogP contribution in [0.5, 0.6) is 0 Å². The molecule has 0 spiro atoms. The molecule has 0 aliphatic heterocycles. The van der Waals surface area contributed by atoms with Gasteiger partial charge in [-0.15, -0.1) is 31.7 Å². The summed E-state index contributed by atoms with van der Waals surface area (Å²) in [7, 11) is -2.26. The Hall–Kier alpha value is -5.92. The summed E-state index contributed by atoms with van der Waals surface area (Å²) >= 11 is 1.13. The quantitative estimate of drug-likeness (QED) is 0.0429. The molecule has 0 fully saturated rings. The highest BCUT2D eigenvalue weighted by atomic mass is 32.1. The average Bonchev–Trinajstić information content (AvgIpc) is 4.16. The Morgan fingerprint density at radius 3 is 1.32 bits per heavy atom. The van der Waals surface area contributed by atoms with Crippen LogP contribution in [0, 0.1) is 0 Å². The molecule has 0 amide bonds. The maximum absolute atomic E-state index is 13.9. The highest BCUT2D eigenvalue weighted by molar-refractivity contribution is 7.33. The molecule has 0 saturated heterocycles. The lowest BCUT2D eigenvalue weighted by Gasteiger charge is -2.07. The summed E-state index contributed by atoms with van der Waals surface area (Å²) in [5, 5.41) is 14.6. The minimum absolute atomic E-state index is 0.00499. The highest BCUT2D eigenvalue weighted by Gasteiger charge is 2.38. The number of benzene rings is 4. The van der Waals surface area contributed by atoms with Crippen LogP contribution >= 0.6 is 30.9 Å². The summed E-state index contributed by atoms with van der Waals surface area (Å²) in [5.41, 5.74) is 4.26. The van der Waals surface area contributed by atoms with Gasteiger partial charge in [-0.3, -0.25) is 0 Å². The second kappa shape index (κ2) is 21.1. The standard InChI is InChI=1S/C46H38F6N6O5PS2/c47-45(48,49)39-35(31-9-3-1-4-10-31)25-37(65-39)43-55-41(57-62-43)33-17-13-29(14-18-33)27-53-21-7-23-60-64(59)61-24-8-22-54-28-30-15-19-34(20-16-30)42-56-44(63-58-42)38-26-36(32-11-5-2-6-12-32)40(66-38)46(50,51)52/h1-6,9-20,25-26,53-54H,7-8,21-24,27-28H2/q+1. The molecule has 0 bridgehead atoms. The molecule has 0 atom stereocenters. The van der Waals surface area contributed by atoms with Crippen LogP contribution in [-0.2, 0) is 39.1 Å². The van der Waals surface area contributed by atoms with Gasteiger partial charge in [0.1, 0.15) is 23.0 Å². The van der Waals surface area contributed by atoms with Gasteiger partial charge in [0.15, 0.2) is 0 Å². The van der Waals surface area contributed by atoms with E-state index in [0.717, 1.165) is 11.1 Å². The number of hydrogen-bond donors (Lipinski definition) is 2. The number of alkyl halides is 6. The Labute approximate surface area is 382 Å². The van der Waals surface area contributed by atoms with Crippen LogP contribution in [0.25, 0.3) is 66.6 Å². The Balaban J connectivity index is 0.695. The maximum atomic E-state index is 13.9. The summed E-state index contributed by atoms with van der Waals surface area (Å²) < 4.78 is 117. The minimum Gasteiger partial charge on any atom is -0.333 e. The number of nitrogens with zero attached hydrogens (tertiary/aromatic N) is 4. The summed E-state index contributed by atoms with van der Waals surface area (Å²) in [6, 6.07) is 34.3. The molecule has 8 aromatic rings. The van der Waals surface area contributed by atoms with E-state index in [4.69, 9.17) is 18.1 Å². The van der Waals surface area contributed by atoms with Crippen molar-refractivity contribution in [2.45, 2.75) is 38.3 Å². The molecular weight excluding hydrogens is 926 g/mol. The predicted molar refractivity (Wildman–Crippen MR) is 239 cm³/mol. The third-order valence-electron chi connectivity index (χ3n) is 9.89. The van der Waals surface area contributed by atoms with Crippen molar-refractivity contribution in [3.05, 3.63) is 142 Å². The summed E-state index contributed by atoms with van der Waals surface area (Å²) in [4.78, 5) is 7.72. The largest absolute Gasteiger partial charge is 0.697 e. The van der Waals surface area contributed by atoms with Crippen molar-refractivity contribution in [3.63, 3.8) is 0 Å².